The summed E-state index contributed by atoms with van der Waals surface area (Å²) in [7, 11) is 0. The van der Waals surface area contributed by atoms with Crippen molar-refractivity contribution >= 4 is 11.9 Å². The maximum absolute atomic E-state index is 13.8. The lowest BCUT2D eigenvalue weighted by Crippen LogP contribution is -2.45. The van der Waals surface area contributed by atoms with Crippen molar-refractivity contribution in [3.05, 3.63) is 30.1 Å². The number of benzene rings is 1. The monoisotopic (exact) mass is 378 g/mol. The normalized spacial score (nSPS) is 18.3. The maximum atomic E-state index is 13.8. The molecule has 2 unspecified atom stereocenters. The van der Waals surface area contributed by atoms with Gasteiger partial charge in [-0.2, -0.15) is 0 Å². The fourth-order valence-electron chi connectivity index (χ4n) is 3.00. The van der Waals surface area contributed by atoms with Crippen molar-refractivity contribution in [1.29, 1.82) is 0 Å². The van der Waals surface area contributed by atoms with Crippen molar-refractivity contribution in [2.75, 3.05) is 26.2 Å². The Hall–Kier alpha value is -2.31. The number of aliphatic imine (C=N–C) groups is 1. The molecule has 0 aromatic heterocycles. The van der Waals surface area contributed by atoms with Crippen LogP contribution in [-0.4, -0.2) is 55.1 Å². The molecule has 0 aliphatic carbocycles. The lowest BCUT2D eigenvalue weighted by molar-refractivity contribution is -0.129. The van der Waals surface area contributed by atoms with Gasteiger partial charge in [0.05, 0.1) is 6.54 Å². The van der Waals surface area contributed by atoms with Gasteiger partial charge < -0.3 is 20.3 Å². The van der Waals surface area contributed by atoms with E-state index >= 15 is 0 Å². The summed E-state index contributed by atoms with van der Waals surface area (Å²) in [6.07, 6.45) is 1.95. The van der Waals surface area contributed by atoms with Gasteiger partial charge in [-0.05, 0) is 31.9 Å². The highest BCUT2D eigenvalue weighted by Gasteiger charge is 2.25. The largest absolute Gasteiger partial charge is 0.485 e. The van der Waals surface area contributed by atoms with E-state index in [-0.39, 0.29) is 29.6 Å². The average Bonchev–Trinajstić information content (AvgIpc) is 3.14. The van der Waals surface area contributed by atoms with Crippen LogP contribution in [0.1, 0.15) is 40.0 Å². The third-order valence-electron chi connectivity index (χ3n) is 4.57. The molecule has 1 fully saturated rings. The van der Waals surface area contributed by atoms with E-state index in [1.165, 1.54) is 6.07 Å². The molecule has 150 valence electrons. The average molecular weight is 378 g/mol. The summed E-state index contributed by atoms with van der Waals surface area (Å²) in [6, 6.07) is 6.60. The molecule has 2 atom stereocenters. The predicted octanol–water partition coefficient (Wildman–Crippen LogP) is 2.55. The van der Waals surface area contributed by atoms with Gasteiger partial charge in [0.1, 0.15) is 6.10 Å². The van der Waals surface area contributed by atoms with Crippen molar-refractivity contribution in [1.82, 2.24) is 15.5 Å². The molecular weight excluding hydrogens is 347 g/mol. The van der Waals surface area contributed by atoms with Crippen LogP contribution in [0.4, 0.5) is 4.39 Å². The number of para-hydroxylation sites is 1. The standard InChI is InChI=1S/C20H31FN4O2/c1-4-16(27-18-10-8-7-9-17(18)21)13-23-20(22-6-3)24-15-11-12-25(14-15)19(26)5-2/h7-10,15-16H,4-6,11-14H2,1-3H3,(H2,22,23,24). The Balaban J connectivity index is 1.93. The first-order valence-electron chi connectivity index (χ1n) is 9.81. The molecule has 2 rings (SSSR count). The Labute approximate surface area is 161 Å². The molecule has 1 aromatic carbocycles. The zero-order valence-corrected chi connectivity index (χ0v) is 16.5. The zero-order chi connectivity index (χ0) is 19.6. The Kier molecular flexibility index (Phi) is 8.36. The van der Waals surface area contributed by atoms with E-state index in [0.29, 0.717) is 25.5 Å². The van der Waals surface area contributed by atoms with Crippen LogP contribution in [0.3, 0.4) is 0 Å². The summed E-state index contributed by atoms with van der Waals surface area (Å²) in [5, 5.41) is 6.62. The topological polar surface area (TPSA) is 66.0 Å². The van der Waals surface area contributed by atoms with E-state index in [0.717, 1.165) is 25.9 Å². The summed E-state index contributed by atoms with van der Waals surface area (Å²) in [5.74, 6) is 0.771. The number of rotatable bonds is 8. The highest BCUT2D eigenvalue weighted by Crippen LogP contribution is 2.18. The van der Waals surface area contributed by atoms with Crippen LogP contribution >= 0.6 is 0 Å². The van der Waals surface area contributed by atoms with E-state index in [2.05, 4.69) is 15.6 Å². The molecule has 0 spiro atoms. The molecule has 1 heterocycles. The van der Waals surface area contributed by atoms with E-state index in [9.17, 15) is 9.18 Å². The number of hydrogen-bond donors (Lipinski definition) is 2. The third kappa shape index (κ3) is 6.41. The van der Waals surface area contributed by atoms with Crippen LogP contribution in [-0.2, 0) is 4.79 Å². The van der Waals surface area contributed by atoms with Crippen LogP contribution < -0.4 is 15.4 Å². The summed E-state index contributed by atoms with van der Waals surface area (Å²) in [4.78, 5) is 18.3. The van der Waals surface area contributed by atoms with Crippen LogP contribution in [0.25, 0.3) is 0 Å². The van der Waals surface area contributed by atoms with Gasteiger partial charge in [-0.25, -0.2) is 9.38 Å². The maximum Gasteiger partial charge on any atom is 0.222 e. The van der Waals surface area contributed by atoms with Gasteiger partial charge in [-0.3, -0.25) is 4.79 Å². The molecule has 1 aromatic rings. The number of ether oxygens (including phenoxy) is 1. The van der Waals surface area contributed by atoms with Crippen molar-refractivity contribution < 1.29 is 13.9 Å². The minimum absolute atomic E-state index is 0.186. The lowest BCUT2D eigenvalue weighted by Gasteiger charge is -2.20. The predicted molar refractivity (Wildman–Crippen MR) is 105 cm³/mol. The zero-order valence-electron chi connectivity index (χ0n) is 16.5. The van der Waals surface area contributed by atoms with Crippen LogP contribution in [0.15, 0.2) is 29.3 Å². The third-order valence-corrected chi connectivity index (χ3v) is 4.57. The van der Waals surface area contributed by atoms with Gasteiger partial charge in [0, 0.05) is 32.1 Å². The first kappa shape index (κ1) is 21.0. The van der Waals surface area contributed by atoms with Gasteiger partial charge in [0.2, 0.25) is 5.91 Å². The van der Waals surface area contributed by atoms with Gasteiger partial charge in [-0.1, -0.05) is 26.0 Å². The summed E-state index contributed by atoms with van der Waals surface area (Å²) < 4.78 is 19.6. The molecule has 0 radical (unpaired) electrons. The number of guanidine groups is 1. The van der Waals surface area contributed by atoms with Crippen molar-refractivity contribution in [3.8, 4) is 5.75 Å². The molecule has 1 aliphatic rings. The lowest BCUT2D eigenvalue weighted by atomic mass is 10.2. The van der Waals surface area contributed by atoms with Crippen molar-refractivity contribution in [2.24, 2.45) is 4.99 Å². The Bertz CT molecular complexity index is 638. The second kappa shape index (κ2) is 10.7. The molecule has 1 saturated heterocycles. The van der Waals surface area contributed by atoms with Gasteiger partial charge in [0.25, 0.3) is 0 Å². The minimum Gasteiger partial charge on any atom is -0.485 e. The quantitative estimate of drug-likeness (QED) is 0.539. The SMILES string of the molecule is CCNC(=NCC(CC)Oc1ccccc1F)NC1CCN(C(=O)CC)C1. The van der Waals surface area contributed by atoms with Gasteiger partial charge in [-0.15, -0.1) is 0 Å². The molecule has 1 amide bonds. The highest BCUT2D eigenvalue weighted by molar-refractivity contribution is 5.80. The Morgan fingerprint density at radius 1 is 1.37 bits per heavy atom. The molecule has 0 bridgehead atoms. The molecular formula is C20H31FN4O2. The number of nitrogens with zero attached hydrogens (tertiary/aromatic N) is 2. The molecule has 2 N–H and O–H groups in total. The fourth-order valence-corrected chi connectivity index (χ4v) is 3.00. The number of carbonyl (C=O) groups is 1. The highest BCUT2D eigenvalue weighted by atomic mass is 19.1. The molecule has 0 saturated carbocycles. The number of nitrogens with one attached hydrogen (secondary N) is 2. The number of amides is 1. The van der Waals surface area contributed by atoms with Crippen LogP contribution in [0.5, 0.6) is 5.75 Å². The molecule has 27 heavy (non-hydrogen) atoms. The number of hydrogen-bond acceptors (Lipinski definition) is 3. The smallest absolute Gasteiger partial charge is 0.222 e. The fraction of sp³-hybridized carbons (Fsp3) is 0.600. The van der Waals surface area contributed by atoms with Gasteiger partial charge >= 0.3 is 0 Å². The second-order valence-electron chi connectivity index (χ2n) is 6.62. The Morgan fingerprint density at radius 3 is 2.81 bits per heavy atom. The van der Waals surface area contributed by atoms with Gasteiger partial charge in [0.15, 0.2) is 17.5 Å². The van der Waals surface area contributed by atoms with Crippen molar-refractivity contribution in [3.63, 3.8) is 0 Å². The van der Waals surface area contributed by atoms with Crippen LogP contribution in [0.2, 0.25) is 0 Å². The first-order valence-corrected chi connectivity index (χ1v) is 9.81. The minimum atomic E-state index is -0.364. The Morgan fingerprint density at radius 2 is 2.15 bits per heavy atom. The number of carbonyl (C=O) groups excluding carboxylic acids is 1. The molecule has 1 aliphatic heterocycles. The van der Waals surface area contributed by atoms with Crippen LogP contribution in [0, 0.1) is 5.82 Å². The van der Waals surface area contributed by atoms with E-state index in [1.54, 1.807) is 18.2 Å². The second-order valence-corrected chi connectivity index (χ2v) is 6.62. The first-order chi connectivity index (χ1) is 13.1. The molecule has 6 nitrogen and oxygen atoms in total. The number of halogens is 1. The van der Waals surface area contributed by atoms with E-state index < -0.39 is 0 Å². The summed E-state index contributed by atoms with van der Waals surface area (Å²) in [6.45, 7) is 8.51. The molecule has 7 heteroatoms. The van der Waals surface area contributed by atoms with E-state index in [1.807, 2.05) is 25.7 Å². The summed E-state index contributed by atoms with van der Waals surface area (Å²) >= 11 is 0. The van der Waals surface area contributed by atoms with Crippen molar-refractivity contribution in [2.45, 2.75) is 52.2 Å². The van der Waals surface area contributed by atoms with E-state index in [4.69, 9.17) is 4.74 Å². The number of likely N-dealkylation sites (tertiary alicyclic amines) is 1. The summed E-state index contributed by atoms with van der Waals surface area (Å²) in [5.41, 5.74) is 0.